The van der Waals surface area contributed by atoms with Gasteiger partial charge in [0.2, 0.25) is 5.91 Å². The van der Waals surface area contributed by atoms with Gasteiger partial charge in [0.05, 0.1) is 11.9 Å². The largest absolute Gasteiger partial charge is 0.368 e. The molecule has 1 aliphatic heterocycles. The number of thiophene rings is 1. The maximum Gasteiger partial charge on any atom is 0.242 e. The molecule has 0 saturated carbocycles. The number of aromatic nitrogens is 2. The molecule has 3 aromatic rings. The van der Waals surface area contributed by atoms with E-state index in [1.165, 1.54) is 4.88 Å². The molecule has 1 amide bonds. The fourth-order valence-corrected chi connectivity index (χ4v) is 4.50. The highest BCUT2D eigenvalue weighted by atomic mass is 35.5. The second-order valence-corrected chi connectivity index (χ2v) is 8.26. The van der Waals surface area contributed by atoms with E-state index in [-0.39, 0.29) is 12.5 Å². The summed E-state index contributed by atoms with van der Waals surface area (Å²) in [6, 6.07) is 9.95. The van der Waals surface area contributed by atoms with Crippen LogP contribution in [-0.4, -0.2) is 53.5 Å². The zero-order valence-corrected chi connectivity index (χ0v) is 17.3. The molecule has 1 aromatic carbocycles. The molecule has 0 atom stereocenters. The molecule has 1 N–H and O–H groups in total. The number of nitrogens with one attached hydrogen (secondary N) is 1. The fraction of sp³-hybridized carbons (Fsp3) is 0.350. The highest BCUT2D eigenvalue weighted by molar-refractivity contribution is 7.18. The third-order valence-corrected chi connectivity index (χ3v) is 6.36. The number of halogens is 1. The van der Waals surface area contributed by atoms with E-state index in [4.69, 9.17) is 11.6 Å². The number of carbonyl (C=O) groups excluding carboxylic acids is 1. The number of aryl methyl sites for hydroxylation is 1. The number of fused-ring (bicyclic) bond motifs is 1. The van der Waals surface area contributed by atoms with Crippen molar-refractivity contribution >= 4 is 50.6 Å². The Kier molecular flexibility index (Phi) is 5.64. The van der Waals surface area contributed by atoms with Gasteiger partial charge in [0.15, 0.2) is 0 Å². The van der Waals surface area contributed by atoms with Crippen molar-refractivity contribution in [2.45, 2.75) is 13.3 Å². The molecular weight excluding hydrogens is 394 g/mol. The normalized spacial score (nSPS) is 14.5. The third-order valence-electron chi connectivity index (χ3n) is 4.94. The number of piperazine rings is 1. The highest BCUT2D eigenvalue weighted by Crippen LogP contribution is 2.28. The third kappa shape index (κ3) is 4.05. The van der Waals surface area contributed by atoms with E-state index in [1.54, 1.807) is 17.7 Å². The van der Waals surface area contributed by atoms with Crippen molar-refractivity contribution in [3.05, 3.63) is 46.6 Å². The van der Waals surface area contributed by atoms with Crippen LogP contribution in [0, 0.1) is 0 Å². The summed E-state index contributed by atoms with van der Waals surface area (Å²) in [6.07, 6.45) is 2.52. The maximum absolute atomic E-state index is 12.6. The minimum atomic E-state index is 0.0865. The molecule has 0 bridgehead atoms. The second-order valence-electron chi connectivity index (χ2n) is 6.71. The Labute approximate surface area is 173 Å². The van der Waals surface area contributed by atoms with Crippen molar-refractivity contribution in [2.24, 2.45) is 0 Å². The van der Waals surface area contributed by atoms with Crippen LogP contribution in [0.4, 0.5) is 11.5 Å². The van der Waals surface area contributed by atoms with Gasteiger partial charge in [-0.3, -0.25) is 4.79 Å². The lowest BCUT2D eigenvalue weighted by molar-refractivity contribution is -0.129. The number of rotatable bonds is 5. The van der Waals surface area contributed by atoms with Gasteiger partial charge < -0.3 is 15.1 Å². The number of carbonyl (C=O) groups is 1. The lowest BCUT2D eigenvalue weighted by Gasteiger charge is -2.36. The van der Waals surface area contributed by atoms with Crippen molar-refractivity contribution < 1.29 is 4.79 Å². The summed E-state index contributed by atoms with van der Waals surface area (Å²) in [6.45, 7) is 5.36. The highest BCUT2D eigenvalue weighted by Gasteiger charge is 2.21. The van der Waals surface area contributed by atoms with Gasteiger partial charge in [-0.2, -0.15) is 0 Å². The van der Waals surface area contributed by atoms with E-state index < -0.39 is 0 Å². The Morgan fingerprint density at radius 3 is 2.79 bits per heavy atom. The Balaban J connectivity index is 1.35. The first-order valence-electron chi connectivity index (χ1n) is 9.39. The van der Waals surface area contributed by atoms with Crippen LogP contribution < -0.4 is 10.2 Å². The SMILES string of the molecule is CCc1cc2c(NCC(=O)N3CCN(c4cccc(Cl)c4)CC3)ncnc2s1. The molecule has 0 spiro atoms. The lowest BCUT2D eigenvalue weighted by atomic mass is 10.2. The Morgan fingerprint density at radius 1 is 1.21 bits per heavy atom. The van der Waals surface area contributed by atoms with Gasteiger partial charge in [-0.15, -0.1) is 11.3 Å². The first-order valence-corrected chi connectivity index (χ1v) is 10.6. The van der Waals surface area contributed by atoms with Gasteiger partial charge in [-0.25, -0.2) is 9.97 Å². The van der Waals surface area contributed by atoms with Gasteiger partial charge in [0.25, 0.3) is 0 Å². The summed E-state index contributed by atoms with van der Waals surface area (Å²) < 4.78 is 0. The number of benzene rings is 1. The molecule has 0 radical (unpaired) electrons. The molecule has 3 heterocycles. The zero-order valence-electron chi connectivity index (χ0n) is 15.7. The number of nitrogens with zero attached hydrogens (tertiary/aromatic N) is 4. The van der Waals surface area contributed by atoms with E-state index in [2.05, 4.69) is 39.2 Å². The molecular formula is C20H22ClN5OS. The van der Waals surface area contributed by atoms with Crippen LogP contribution in [0.2, 0.25) is 5.02 Å². The van der Waals surface area contributed by atoms with E-state index >= 15 is 0 Å². The molecule has 0 aliphatic carbocycles. The average molecular weight is 416 g/mol. The van der Waals surface area contributed by atoms with Crippen molar-refractivity contribution in [1.82, 2.24) is 14.9 Å². The quantitative estimate of drug-likeness (QED) is 0.688. The average Bonchev–Trinajstić information content (AvgIpc) is 3.16. The van der Waals surface area contributed by atoms with E-state index in [0.717, 1.165) is 46.3 Å². The number of hydrogen-bond donors (Lipinski definition) is 1. The number of hydrogen-bond acceptors (Lipinski definition) is 6. The Bertz CT molecular complexity index is 984. The van der Waals surface area contributed by atoms with E-state index in [0.29, 0.717) is 13.1 Å². The monoisotopic (exact) mass is 415 g/mol. The predicted molar refractivity (Wildman–Crippen MR) is 116 cm³/mol. The van der Waals surface area contributed by atoms with Crippen LogP contribution in [0.15, 0.2) is 36.7 Å². The summed E-state index contributed by atoms with van der Waals surface area (Å²) in [4.78, 5) is 27.7. The summed E-state index contributed by atoms with van der Waals surface area (Å²) in [5.41, 5.74) is 1.10. The molecule has 8 heteroatoms. The van der Waals surface area contributed by atoms with Crippen LogP contribution in [0.3, 0.4) is 0 Å². The van der Waals surface area contributed by atoms with Crippen molar-refractivity contribution in [3.8, 4) is 0 Å². The molecule has 1 saturated heterocycles. The summed E-state index contributed by atoms with van der Waals surface area (Å²) >= 11 is 7.76. The molecule has 0 unspecified atom stereocenters. The van der Waals surface area contributed by atoms with Crippen molar-refractivity contribution in [2.75, 3.05) is 42.9 Å². The summed E-state index contributed by atoms with van der Waals surface area (Å²) in [7, 11) is 0. The number of amides is 1. The molecule has 6 nitrogen and oxygen atoms in total. The van der Waals surface area contributed by atoms with Crippen LogP contribution in [-0.2, 0) is 11.2 Å². The van der Waals surface area contributed by atoms with E-state index in [1.807, 2.05) is 23.1 Å². The first kappa shape index (κ1) is 19.0. The van der Waals surface area contributed by atoms with Crippen molar-refractivity contribution in [3.63, 3.8) is 0 Å². The molecule has 28 heavy (non-hydrogen) atoms. The van der Waals surface area contributed by atoms with Crippen LogP contribution in [0.25, 0.3) is 10.2 Å². The minimum absolute atomic E-state index is 0.0865. The standard InChI is InChI=1S/C20H22ClN5OS/c1-2-16-11-17-19(23-13-24-20(17)28-16)22-12-18(27)26-8-6-25(7-9-26)15-5-3-4-14(21)10-15/h3-5,10-11,13H,2,6-9,12H2,1H3,(H,22,23,24). The molecule has 1 fully saturated rings. The van der Waals surface area contributed by atoms with Gasteiger partial charge >= 0.3 is 0 Å². The van der Waals surface area contributed by atoms with Crippen LogP contribution in [0.1, 0.15) is 11.8 Å². The summed E-state index contributed by atoms with van der Waals surface area (Å²) in [5.74, 6) is 0.815. The Morgan fingerprint density at radius 2 is 2.04 bits per heavy atom. The van der Waals surface area contributed by atoms with Gasteiger partial charge in [0.1, 0.15) is 17.0 Å². The minimum Gasteiger partial charge on any atom is -0.368 e. The number of anilines is 2. The predicted octanol–water partition coefficient (Wildman–Crippen LogP) is 3.67. The van der Waals surface area contributed by atoms with E-state index in [9.17, 15) is 4.79 Å². The smallest absolute Gasteiger partial charge is 0.242 e. The molecule has 1 aliphatic rings. The van der Waals surface area contributed by atoms with Gasteiger partial charge in [-0.05, 0) is 30.7 Å². The van der Waals surface area contributed by atoms with Crippen LogP contribution >= 0.6 is 22.9 Å². The first-order chi connectivity index (χ1) is 13.6. The summed E-state index contributed by atoms with van der Waals surface area (Å²) in [5, 5.41) is 4.93. The van der Waals surface area contributed by atoms with Gasteiger partial charge in [-0.1, -0.05) is 24.6 Å². The molecule has 2 aromatic heterocycles. The van der Waals surface area contributed by atoms with Crippen LogP contribution in [0.5, 0.6) is 0 Å². The topological polar surface area (TPSA) is 61.4 Å². The second kappa shape index (κ2) is 8.32. The molecule has 4 rings (SSSR count). The van der Waals surface area contributed by atoms with Crippen molar-refractivity contribution in [1.29, 1.82) is 0 Å². The maximum atomic E-state index is 12.6. The molecule has 146 valence electrons. The zero-order chi connectivity index (χ0) is 19.5. The van der Waals surface area contributed by atoms with Gasteiger partial charge in [0, 0.05) is 41.8 Å². The lowest BCUT2D eigenvalue weighted by Crippen LogP contribution is -2.50. The Hall–Kier alpha value is -2.38. The fourth-order valence-electron chi connectivity index (χ4n) is 3.38.